The van der Waals surface area contributed by atoms with Gasteiger partial charge in [0.15, 0.2) is 0 Å². The Kier molecular flexibility index (Phi) is 3.39. The summed E-state index contributed by atoms with van der Waals surface area (Å²) in [6.45, 7) is 4.78. The summed E-state index contributed by atoms with van der Waals surface area (Å²) in [6, 6.07) is 0.271. The highest BCUT2D eigenvalue weighted by molar-refractivity contribution is 6.12. The highest BCUT2D eigenvalue weighted by Gasteiger charge is 2.27. The lowest BCUT2D eigenvalue weighted by atomic mass is 10.1. The number of piperidine rings is 1. The molecule has 0 aliphatic carbocycles. The molecule has 2 heterocycles. The standard InChI is InChI=1S/C12H18N2O2/c1-10(13-7-3-2-4-8-13)9-14-11(15)5-6-12(14)16/h5-6,10H,2-4,7-9H2,1H3. The Bertz CT molecular complexity index is 301. The fraction of sp³-hybridized carbons (Fsp3) is 0.667. The van der Waals surface area contributed by atoms with Crippen molar-refractivity contribution < 1.29 is 9.59 Å². The number of hydrogen-bond acceptors (Lipinski definition) is 3. The topological polar surface area (TPSA) is 40.6 Å². The molecular formula is C12H18N2O2. The maximum atomic E-state index is 11.4. The van der Waals surface area contributed by atoms with Crippen molar-refractivity contribution in [1.29, 1.82) is 0 Å². The van der Waals surface area contributed by atoms with E-state index >= 15 is 0 Å². The van der Waals surface area contributed by atoms with E-state index in [9.17, 15) is 9.59 Å². The minimum Gasteiger partial charge on any atom is -0.299 e. The Morgan fingerprint density at radius 1 is 1.12 bits per heavy atom. The van der Waals surface area contributed by atoms with E-state index in [0.717, 1.165) is 13.1 Å². The Morgan fingerprint density at radius 2 is 1.69 bits per heavy atom. The summed E-state index contributed by atoms with van der Waals surface area (Å²) in [5.41, 5.74) is 0. The molecule has 2 rings (SSSR count). The van der Waals surface area contributed by atoms with Gasteiger partial charge >= 0.3 is 0 Å². The van der Waals surface area contributed by atoms with E-state index in [1.807, 2.05) is 0 Å². The SMILES string of the molecule is CC(CN1C(=O)C=CC1=O)N1CCCCC1. The molecule has 1 atom stereocenters. The van der Waals surface area contributed by atoms with Crippen LogP contribution in [0.2, 0.25) is 0 Å². The number of carbonyl (C=O) groups is 2. The summed E-state index contributed by atoms with van der Waals surface area (Å²) in [5.74, 6) is -0.345. The summed E-state index contributed by atoms with van der Waals surface area (Å²) >= 11 is 0. The molecular weight excluding hydrogens is 204 g/mol. The van der Waals surface area contributed by atoms with Crippen molar-refractivity contribution in [2.45, 2.75) is 32.2 Å². The number of hydrogen-bond donors (Lipinski definition) is 0. The van der Waals surface area contributed by atoms with E-state index in [0.29, 0.717) is 6.54 Å². The zero-order valence-corrected chi connectivity index (χ0v) is 9.69. The van der Waals surface area contributed by atoms with Gasteiger partial charge in [-0.3, -0.25) is 19.4 Å². The molecule has 88 valence electrons. The number of nitrogens with zero attached hydrogens (tertiary/aromatic N) is 2. The normalized spacial score (nSPS) is 24.2. The van der Waals surface area contributed by atoms with E-state index in [2.05, 4.69) is 11.8 Å². The molecule has 16 heavy (non-hydrogen) atoms. The van der Waals surface area contributed by atoms with Gasteiger partial charge in [-0.05, 0) is 32.9 Å². The second kappa shape index (κ2) is 4.78. The van der Waals surface area contributed by atoms with Crippen molar-refractivity contribution in [2.75, 3.05) is 19.6 Å². The van der Waals surface area contributed by atoms with Crippen molar-refractivity contribution in [3.8, 4) is 0 Å². The van der Waals surface area contributed by atoms with Gasteiger partial charge in [-0.25, -0.2) is 0 Å². The van der Waals surface area contributed by atoms with Crippen LogP contribution < -0.4 is 0 Å². The minimum absolute atomic E-state index is 0.172. The van der Waals surface area contributed by atoms with Gasteiger partial charge in [0.05, 0.1) is 0 Å². The minimum atomic E-state index is -0.172. The van der Waals surface area contributed by atoms with Gasteiger partial charge in [0, 0.05) is 24.7 Å². The second-order valence-corrected chi connectivity index (χ2v) is 4.57. The molecule has 0 bridgehead atoms. The van der Waals surface area contributed by atoms with Gasteiger partial charge in [0.2, 0.25) is 0 Å². The third kappa shape index (κ3) is 2.32. The van der Waals surface area contributed by atoms with E-state index in [-0.39, 0.29) is 17.9 Å². The fourth-order valence-electron chi connectivity index (χ4n) is 2.35. The van der Waals surface area contributed by atoms with E-state index in [4.69, 9.17) is 0 Å². The van der Waals surface area contributed by atoms with Crippen LogP contribution in [0.15, 0.2) is 12.2 Å². The molecule has 0 aromatic rings. The second-order valence-electron chi connectivity index (χ2n) is 4.57. The summed E-state index contributed by atoms with van der Waals surface area (Å²) in [4.78, 5) is 26.5. The Morgan fingerprint density at radius 3 is 2.25 bits per heavy atom. The van der Waals surface area contributed by atoms with E-state index < -0.39 is 0 Å². The highest BCUT2D eigenvalue weighted by atomic mass is 16.2. The van der Waals surface area contributed by atoms with Crippen LogP contribution in [-0.2, 0) is 9.59 Å². The fourth-order valence-corrected chi connectivity index (χ4v) is 2.35. The number of amides is 2. The first-order valence-corrected chi connectivity index (χ1v) is 5.96. The van der Waals surface area contributed by atoms with Crippen LogP contribution in [0.1, 0.15) is 26.2 Å². The van der Waals surface area contributed by atoms with Crippen molar-refractivity contribution in [1.82, 2.24) is 9.80 Å². The Balaban J connectivity index is 1.89. The van der Waals surface area contributed by atoms with Crippen LogP contribution in [0.5, 0.6) is 0 Å². The third-order valence-corrected chi connectivity index (χ3v) is 3.36. The summed E-state index contributed by atoms with van der Waals surface area (Å²) in [5, 5.41) is 0. The number of imide groups is 1. The predicted molar refractivity (Wildman–Crippen MR) is 60.7 cm³/mol. The maximum Gasteiger partial charge on any atom is 0.253 e. The van der Waals surface area contributed by atoms with E-state index in [1.165, 1.54) is 36.3 Å². The zero-order valence-electron chi connectivity index (χ0n) is 9.69. The number of carbonyl (C=O) groups excluding carboxylic acids is 2. The van der Waals surface area contributed by atoms with Crippen LogP contribution in [0.4, 0.5) is 0 Å². The molecule has 1 saturated heterocycles. The van der Waals surface area contributed by atoms with Crippen molar-refractivity contribution in [2.24, 2.45) is 0 Å². The van der Waals surface area contributed by atoms with Crippen LogP contribution in [0.3, 0.4) is 0 Å². The molecule has 1 unspecified atom stereocenters. The first-order valence-electron chi connectivity index (χ1n) is 5.96. The lowest BCUT2D eigenvalue weighted by Gasteiger charge is -2.33. The van der Waals surface area contributed by atoms with Gasteiger partial charge in [0.25, 0.3) is 11.8 Å². The van der Waals surface area contributed by atoms with Gasteiger partial charge in [-0.15, -0.1) is 0 Å². The van der Waals surface area contributed by atoms with Crippen LogP contribution in [0, 0.1) is 0 Å². The predicted octanol–water partition coefficient (Wildman–Crippen LogP) is 0.786. The molecule has 2 aliphatic heterocycles. The monoisotopic (exact) mass is 222 g/mol. The van der Waals surface area contributed by atoms with Crippen molar-refractivity contribution in [3.63, 3.8) is 0 Å². The highest BCUT2D eigenvalue weighted by Crippen LogP contribution is 2.14. The molecule has 4 nitrogen and oxygen atoms in total. The van der Waals surface area contributed by atoms with Gasteiger partial charge in [-0.1, -0.05) is 6.42 Å². The molecule has 2 aliphatic rings. The van der Waals surface area contributed by atoms with Gasteiger partial charge in [-0.2, -0.15) is 0 Å². The molecule has 0 aromatic carbocycles. The molecule has 4 heteroatoms. The van der Waals surface area contributed by atoms with Crippen LogP contribution in [0.25, 0.3) is 0 Å². The molecule has 0 spiro atoms. The van der Waals surface area contributed by atoms with Gasteiger partial charge < -0.3 is 0 Å². The lowest BCUT2D eigenvalue weighted by molar-refractivity contribution is -0.137. The number of rotatable bonds is 3. The van der Waals surface area contributed by atoms with Crippen molar-refractivity contribution >= 4 is 11.8 Å². The number of likely N-dealkylation sites (tertiary alicyclic amines) is 1. The molecule has 0 saturated carbocycles. The van der Waals surface area contributed by atoms with Crippen LogP contribution in [-0.4, -0.2) is 47.3 Å². The summed E-state index contributed by atoms with van der Waals surface area (Å²) in [7, 11) is 0. The average molecular weight is 222 g/mol. The first kappa shape index (κ1) is 11.3. The molecule has 1 fully saturated rings. The maximum absolute atomic E-state index is 11.4. The summed E-state index contributed by atoms with van der Waals surface area (Å²) in [6.07, 6.45) is 6.46. The summed E-state index contributed by atoms with van der Waals surface area (Å²) < 4.78 is 0. The largest absolute Gasteiger partial charge is 0.299 e. The zero-order chi connectivity index (χ0) is 11.5. The molecule has 0 aromatic heterocycles. The van der Waals surface area contributed by atoms with E-state index in [1.54, 1.807) is 0 Å². The molecule has 0 radical (unpaired) electrons. The Labute approximate surface area is 95.9 Å². The van der Waals surface area contributed by atoms with Crippen molar-refractivity contribution in [3.05, 3.63) is 12.2 Å². The smallest absolute Gasteiger partial charge is 0.253 e. The third-order valence-electron chi connectivity index (χ3n) is 3.36. The quantitative estimate of drug-likeness (QED) is 0.663. The molecule has 0 N–H and O–H groups in total. The van der Waals surface area contributed by atoms with Crippen LogP contribution >= 0.6 is 0 Å². The average Bonchev–Trinajstić information content (AvgIpc) is 2.62. The first-order chi connectivity index (χ1) is 7.68. The molecule has 2 amide bonds. The lowest BCUT2D eigenvalue weighted by Crippen LogP contribution is -2.46. The Hall–Kier alpha value is -1.16. The van der Waals surface area contributed by atoms with Gasteiger partial charge in [0.1, 0.15) is 0 Å².